The molecule has 0 bridgehead atoms. The zero-order valence-corrected chi connectivity index (χ0v) is 16.7. The summed E-state index contributed by atoms with van der Waals surface area (Å²) in [5.74, 6) is 0. The van der Waals surface area contributed by atoms with Gasteiger partial charge in [-0.15, -0.1) is 0 Å². The molecule has 1 amide bonds. The monoisotopic (exact) mass is 411 g/mol. The molecule has 2 aromatic rings. The van der Waals surface area contributed by atoms with E-state index in [2.05, 4.69) is 4.90 Å². The number of benzene rings is 2. The minimum absolute atomic E-state index is 0.0690. The first-order chi connectivity index (χ1) is 14.6. The number of piperazine rings is 1. The largest absolute Gasteiger partial charge is 0.445 e. The zero-order valence-electron chi connectivity index (χ0n) is 16.7. The maximum atomic E-state index is 12.2. The number of carbonyl (C=O) groups excluding carboxylic acids is 1. The Balaban J connectivity index is 1.31. The molecule has 1 fully saturated rings. The van der Waals surface area contributed by atoms with E-state index in [4.69, 9.17) is 9.47 Å². The minimum atomic E-state index is -0.415. The molecule has 0 atom stereocenters. The number of ether oxygens (including phenoxy) is 2. The predicted octanol–water partition coefficient (Wildman–Crippen LogP) is 3.63. The maximum Gasteiger partial charge on any atom is 0.410 e. The lowest BCUT2D eigenvalue weighted by Gasteiger charge is -2.35. The molecule has 0 aromatic heterocycles. The van der Waals surface area contributed by atoms with Crippen LogP contribution >= 0.6 is 0 Å². The number of nitrogens with zero attached hydrogens (tertiary/aromatic N) is 3. The summed E-state index contributed by atoms with van der Waals surface area (Å²) in [5.41, 5.74) is 2.09. The molecule has 1 heterocycles. The molecule has 0 spiro atoms. The second-order valence-electron chi connectivity index (χ2n) is 6.80. The van der Waals surface area contributed by atoms with E-state index in [9.17, 15) is 14.9 Å². The summed E-state index contributed by atoms with van der Waals surface area (Å²) < 4.78 is 10.8. The molecule has 1 aliphatic rings. The second kappa shape index (κ2) is 11.0. The lowest BCUT2D eigenvalue weighted by molar-refractivity contribution is -0.384. The summed E-state index contributed by atoms with van der Waals surface area (Å²) in [5, 5.41) is 10.7. The van der Waals surface area contributed by atoms with Crippen molar-refractivity contribution in [2.75, 3.05) is 44.3 Å². The van der Waals surface area contributed by atoms with Gasteiger partial charge in [-0.1, -0.05) is 36.4 Å². The Kier molecular flexibility index (Phi) is 7.79. The quantitative estimate of drug-likeness (QED) is 0.285. The van der Waals surface area contributed by atoms with Crippen LogP contribution in [0.25, 0.3) is 0 Å². The first-order valence-electron chi connectivity index (χ1n) is 9.81. The van der Waals surface area contributed by atoms with E-state index in [-0.39, 0.29) is 18.4 Å². The first-order valence-corrected chi connectivity index (χ1v) is 9.81. The van der Waals surface area contributed by atoms with Gasteiger partial charge in [0, 0.05) is 44.0 Å². The maximum absolute atomic E-state index is 12.2. The van der Waals surface area contributed by atoms with Crippen LogP contribution in [0.5, 0.6) is 0 Å². The third-order valence-electron chi connectivity index (χ3n) is 4.76. The van der Waals surface area contributed by atoms with Gasteiger partial charge in [0.2, 0.25) is 0 Å². The van der Waals surface area contributed by atoms with Crippen LogP contribution in [0.2, 0.25) is 0 Å². The number of amides is 1. The number of rotatable bonds is 8. The lowest BCUT2D eigenvalue weighted by atomic mass is 10.2. The summed E-state index contributed by atoms with van der Waals surface area (Å²) in [7, 11) is 0. The molecule has 8 heteroatoms. The Labute approximate surface area is 175 Å². The molecular weight excluding hydrogens is 386 g/mol. The van der Waals surface area contributed by atoms with Gasteiger partial charge in [-0.25, -0.2) is 4.79 Å². The topological polar surface area (TPSA) is 85.2 Å². The van der Waals surface area contributed by atoms with Gasteiger partial charge in [-0.2, -0.15) is 0 Å². The van der Waals surface area contributed by atoms with Gasteiger partial charge in [0.25, 0.3) is 5.69 Å². The van der Waals surface area contributed by atoms with Gasteiger partial charge in [0.05, 0.1) is 18.1 Å². The van der Waals surface area contributed by atoms with Crippen LogP contribution < -0.4 is 4.90 Å². The fraction of sp³-hybridized carbons (Fsp3) is 0.318. The molecule has 158 valence electrons. The molecule has 1 saturated heterocycles. The highest BCUT2D eigenvalue weighted by Gasteiger charge is 2.22. The van der Waals surface area contributed by atoms with Crippen LogP contribution in [0.15, 0.2) is 66.7 Å². The van der Waals surface area contributed by atoms with Gasteiger partial charge in [-0.3, -0.25) is 10.1 Å². The summed E-state index contributed by atoms with van der Waals surface area (Å²) in [6.45, 7) is 3.59. The number of nitro groups is 1. The molecule has 30 heavy (non-hydrogen) atoms. The van der Waals surface area contributed by atoms with Crippen molar-refractivity contribution < 1.29 is 19.2 Å². The van der Waals surface area contributed by atoms with Crippen LogP contribution in [-0.4, -0.2) is 55.3 Å². The number of carbonyl (C=O) groups is 1. The van der Waals surface area contributed by atoms with Crippen molar-refractivity contribution in [3.63, 3.8) is 0 Å². The molecule has 0 unspecified atom stereocenters. The molecular formula is C22H25N3O5. The average molecular weight is 411 g/mol. The highest BCUT2D eigenvalue weighted by Crippen LogP contribution is 2.20. The van der Waals surface area contributed by atoms with E-state index < -0.39 is 4.92 Å². The number of anilines is 1. The van der Waals surface area contributed by atoms with Gasteiger partial charge in [-0.05, 0) is 23.8 Å². The van der Waals surface area contributed by atoms with E-state index in [1.165, 1.54) is 12.1 Å². The van der Waals surface area contributed by atoms with Gasteiger partial charge in [0.1, 0.15) is 6.61 Å². The van der Waals surface area contributed by atoms with Gasteiger partial charge >= 0.3 is 6.09 Å². The second-order valence-corrected chi connectivity index (χ2v) is 6.80. The van der Waals surface area contributed by atoms with Crippen LogP contribution in [-0.2, 0) is 16.1 Å². The van der Waals surface area contributed by atoms with Crippen LogP contribution in [0.3, 0.4) is 0 Å². The molecule has 0 radical (unpaired) electrons. The minimum Gasteiger partial charge on any atom is -0.445 e. The smallest absolute Gasteiger partial charge is 0.410 e. The number of nitro benzene ring substituents is 1. The number of hydrogen-bond donors (Lipinski definition) is 0. The highest BCUT2D eigenvalue weighted by molar-refractivity contribution is 5.68. The van der Waals surface area contributed by atoms with Crippen molar-refractivity contribution >= 4 is 17.5 Å². The van der Waals surface area contributed by atoms with Crippen LogP contribution in [0.4, 0.5) is 16.2 Å². The summed E-state index contributed by atoms with van der Waals surface area (Å²) in [6, 6.07) is 16.4. The van der Waals surface area contributed by atoms with E-state index in [0.29, 0.717) is 39.4 Å². The molecule has 8 nitrogen and oxygen atoms in total. The van der Waals surface area contributed by atoms with Crippen molar-refractivity contribution in [1.29, 1.82) is 0 Å². The summed E-state index contributed by atoms with van der Waals surface area (Å²) in [4.78, 5) is 26.3. The van der Waals surface area contributed by atoms with E-state index in [1.807, 2.05) is 36.4 Å². The van der Waals surface area contributed by atoms with Gasteiger partial charge in [0.15, 0.2) is 0 Å². The average Bonchev–Trinajstić information content (AvgIpc) is 2.79. The van der Waals surface area contributed by atoms with Crippen molar-refractivity contribution in [1.82, 2.24) is 4.90 Å². The molecule has 2 aromatic carbocycles. The Bertz CT molecular complexity index is 847. The van der Waals surface area contributed by atoms with Gasteiger partial charge < -0.3 is 19.3 Å². The van der Waals surface area contributed by atoms with Crippen molar-refractivity contribution in [3.8, 4) is 0 Å². The van der Waals surface area contributed by atoms with Crippen molar-refractivity contribution in [2.45, 2.75) is 6.61 Å². The molecule has 0 aliphatic carbocycles. The predicted molar refractivity (Wildman–Crippen MR) is 113 cm³/mol. The van der Waals surface area contributed by atoms with Crippen molar-refractivity contribution in [3.05, 3.63) is 82.4 Å². The first kappa shape index (κ1) is 21.3. The number of non-ortho nitro benzene ring substituents is 1. The summed E-state index contributed by atoms with van der Waals surface area (Å²) >= 11 is 0. The molecule has 0 N–H and O–H groups in total. The fourth-order valence-electron chi connectivity index (χ4n) is 3.10. The fourth-order valence-corrected chi connectivity index (χ4v) is 3.10. The van der Waals surface area contributed by atoms with Crippen molar-refractivity contribution in [2.24, 2.45) is 0 Å². The molecule has 0 saturated carbocycles. The Morgan fingerprint density at radius 2 is 1.63 bits per heavy atom. The third kappa shape index (κ3) is 6.31. The lowest BCUT2D eigenvalue weighted by Crippen LogP contribution is -2.49. The summed E-state index contributed by atoms with van der Waals surface area (Å²) in [6.07, 6.45) is 3.27. The third-order valence-corrected chi connectivity index (χ3v) is 4.76. The Morgan fingerprint density at radius 3 is 2.30 bits per heavy atom. The Hall–Kier alpha value is -3.39. The Morgan fingerprint density at radius 1 is 0.967 bits per heavy atom. The zero-order chi connectivity index (χ0) is 21.2. The van der Waals surface area contributed by atoms with E-state index in [0.717, 1.165) is 11.3 Å². The van der Waals surface area contributed by atoms with Crippen LogP contribution in [0.1, 0.15) is 5.56 Å². The highest BCUT2D eigenvalue weighted by atomic mass is 16.6. The van der Waals surface area contributed by atoms with E-state index in [1.54, 1.807) is 23.1 Å². The standard InChI is InChI=1S/C22H25N3O5/c26-22(30-17-5-4-16-29-18-19-6-2-1-3-7-19)24-14-12-23(13-15-24)20-8-10-21(11-9-20)25(27)28/h1-11H,12-18H2/b5-4+. The molecule has 3 rings (SSSR count). The normalized spacial score (nSPS) is 14.1. The van der Waals surface area contributed by atoms with E-state index >= 15 is 0 Å². The molecule has 1 aliphatic heterocycles. The van der Waals surface area contributed by atoms with Crippen LogP contribution in [0, 0.1) is 10.1 Å². The number of hydrogen-bond acceptors (Lipinski definition) is 6. The SMILES string of the molecule is O=C(OC/C=C/COCc1ccccc1)N1CCN(c2ccc([N+](=O)[O-])cc2)CC1.